The first-order valence-corrected chi connectivity index (χ1v) is 8.07. The highest BCUT2D eigenvalue weighted by Crippen LogP contribution is 2.17. The van der Waals surface area contributed by atoms with Crippen LogP contribution in [0.15, 0.2) is 59.5 Å². The van der Waals surface area contributed by atoms with E-state index in [9.17, 15) is 13.2 Å². The molecule has 0 bridgehead atoms. The van der Waals surface area contributed by atoms with Gasteiger partial charge in [0.2, 0.25) is 10.0 Å². The summed E-state index contributed by atoms with van der Waals surface area (Å²) in [7, 11) is -3.61. The van der Waals surface area contributed by atoms with Gasteiger partial charge in [0.05, 0.1) is 4.90 Å². The Labute approximate surface area is 124 Å². The first kappa shape index (κ1) is 15.4. The molecule has 0 amide bonds. The molecule has 0 saturated heterocycles. The second-order valence-corrected chi connectivity index (χ2v) is 6.55. The van der Waals surface area contributed by atoms with Gasteiger partial charge < -0.3 is 0 Å². The van der Waals surface area contributed by atoms with Gasteiger partial charge in [0, 0.05) is 11.6 Å². The molecule has 0 spiro atoms. The number of benzene rings is 2. The van der Waals surface area contributed by atoms with Gasteiger partial charge in [0.25, 0.3) is 0 Å². The molecule has 4 nitrogen and oxygen atoms in total. The van der Waals surface area contributed by atoms with Crippen molar-refractivity contribution < 1.29 is 13.2 Å². The molecule has 1 N–H and O–H groups in total. The SMILES string of the molecule is CC(=O)c1ccc(S(=O)(=O)N[C@H](C)c2ccccc2)cc1. The lowest BCUT2D eigenvalue weighted by molar-refractivity contribution is 0.101. The third-order valence-electron chi connectivity index (χ3n) is 3.20. The van der Waals surface area contributed by atoms with Gasteiger partial charge in [-0.3, -0.25) is 4.79 Å². The van der Waals surface area contributed by atoms with E-state index >= 15 is 0 Å². The van der Waals surface area contributed by atoms with Crippen LogP contribution < -0.4 is 4.72 Å². The van der Waals surface area contributed by atoms with Gasteiger partial charge in [-0.2, -0.15) is 0 Å². The van der Waals surface area contributed by atoms with Gasteiger partial charge in [-0.05, 0) is 31.5 Å². The average molecular weight is 303 g/mol. The molecule has 5 heteroatoms. The summed E-state index contributed by atoms with van der Waals surface area (Å²) in [4.78, 5) is 11.4. The molecular weight excluding hydrogens is 286 g/mol. The number of hydrogen-bond donors (Lipinski definition) is 1. The van der Waals surface area contributed by atoms with E-state index in [0.29, 0.717) is 5.56 Å². The van der Waals surface area contributed by atoms with E-state index in [2.05, 4.69) is 4.72 Å². The Morgan fingerprint density at radius 3 is 2.10 bits per heavy atom. The summed E-state index contributed by atoms with van der Waals surface area (Å²) in [5, 5.41) is 0. The highest BCUT2D eigenvalue weighted by Gasteiger charge is 2.18. The number of ketones is 1. The zero-order valence-electron chi connectivity index (χ0n) is 11.9. The van der Waals surface area contributed by atoms with Gasteiger partial charge in [0.15, 0.2) is 5.78 Å². The van der Waals surface area contributed by atoms with Crippen LogP contribution >= 0.6 is 0 Å². The van der Waals surface area contributed by atoms with Crippen molar-refractivity contribution in [1.29, 1.82) is 0 Å². The Kier molecular flexibility index (Phi) is 4.55. The molecule has 0 aliphatic carbocycles. The highest BCUT2D eigenvalue weighted by atomic mass is 32.2. The summed E-state index contributed by atoms with van der Waals surface area (Å²) in [6.45, 7) is 3.23. The van der Waals surface area contributed by atoms with Crippen LogP contribution in [0, 0.1) is 0 Å². The molecule has 0 saturated carbocycles. The van der Waals surface area contributed by atoms with Crippen molar-refractivity contribution in [3.63, 3.8) is 0 Å². The normalized spacial score (nSPS) is 12.9. The molecule has 0 aliphatic rings. The lowest BCUT2D eigenvalue weighted by atomic mass is 10.1. The molecule has 21 heavy (non-hydrogen) atoms. The first-order valence-electron chi connectivity index (χ1n) is 6.58. The zero-order valence-corrected chi connectivity index (χ0v) is 12.7. The summed E-state index contributed by atoms with van der Waals surface area (Å²) in [6, 6.07) is 14.9. The molecule has 0 fully saturated rings. The van der Waals surface area contributed by atoms with Crippen LogP contribution in [0.4, 0.5) is 0 Å². The quantitative estimate of drug-likeness (QED) is 0.864. The summed E-state index contributed by atoms with van der Waals surface area (Å²) in [5.74, 6) is -0.0930. The summed E-state index contributed by atoms with van der Waals surface area (Å²) in [6.07, 6.45) is 0. The lowest BCUT2D eigenvalue weighted by Crippen LogP contribution is -2.26. The Balaban J connectivity index is 2.20. The maximum atomic E-state index is 12.3. The number of carbonyl (C=O) groups is 1. The van der Waals surface area contributed by atoms with Crippen molar-refractivity contribution in [1.82, 2.24) is 4.72 Å². The Hall–Kier alpha value is -1.98. The predicted octanol–water partition coefficient (Wildman–Crippen LogP) is 2.93. The van der Waals surface area contributed by atoms with Crippen LogP contribution in [0.1, 0.15) is 35.8 Å². The van der Waals surface area contributed by atoms with Crippen molar-refractivity contribution in [2.45, 2.75) is 24.8 Å². The number of carbonyl (C=O) groups excluding carboxylic acids is 1. The second kappa shape index (κ2) is 6.20. The standard InChI is InChI=1S/C16H17NO3S/c1-12(14-6-4-3-5-7-14)17-21(19,20)16-10-8-15(9-11-16)13(2)18/h3-12,17H,1-2H3/t12-/m1/s1. The molecule has 1 atom stereocenters. The van der Waals surface area contributed by atoms with E-state index in [-0.39, 0.29) is 16.7 Å². The maximum Gasteiger partial charge on any atom is 0.241 e. The Morgan fingerprint density at radius 2 is 1.57 bits per heavy atom. The number of rotatable bonds is 5. The second-order valence-electron chi connectivity index (χ2n) is 4.83. The van der Waals surface area contributed by atoms with Crippen LogP contribution in [-0.2, 0) is 10.0 Å². The van der Waals surface area contributed by atoms with Crippen LogP contribution in [0.5, 0.6) is 0 Å². The summed E-state index contributed by atoms with van der Waals surface area (Å²) in [5.41, 5.74) is 1.38. The molecule has 2 aromatic rings. The van der Waals surface area contributed by atoms with Crippen molar-refractivity contribution in [3.05, 3.63) is 65.7 Å². The van der Waals surface area contributed by atoms with Gasteiger partial charge in [-0.15, -0.1) is 0 Å². The molecule has 0 heterocycles. The molecular formula is C16H17NO3S. The molecule has 2 rings (SSSR count). The monoisotopic (exact) mass is 303 g/mol. The largest absolute Gasteiger partial charge is 0.295 e. The Morgan fingerprint density at radius 1 is 1.00 bits per heavy atom. The third kappa shape index (κ3) is 3.77. The molecule has 2 aromatic carbocycles. The number of nitrogens with one attached hydrogen (secondary N) is 1. The number of sulfonamides is 1. The van der Waals surface area contributed by atoms with Crippen LogP contribution in [0.25, 0.3) is 0 Å². The minimum absolute atomic E-state index is 0.0930. The van der Waals surface area contributed by atoms with Crippen molar-refractivity contribution >= 4 is 15.8 Å². The topological polar surface area (TPSA) is 63.2 Å². The van der Waals surface area contributed by atoms with Crippen LogP contribution in [0.3, 0.4) is 0 Å². The average Bonchev–Trinajstić information content (AvgIpc) is 2.48. The fourth-order valence-electron chi connectivity index (χ4n) is 1.98. The van der Waals surface area contributed by atoms with Crippen LogP contribution in [0.2, 0.25) is 0 Å². The molecule has 0 unspecified atom stereocenters. The highest BCUT2D eigenvalue weighted by molar-refractivity contribution is 7.89. The van der Waals surface area contributed by atoms with Crippen molar-refractivity contribution in [3.8, 4) is 0 Å². The van der Waals surface area contributed by atoms with Gasteiger partial charge in [0.1, 0.15) is 0 Å². The molecule has 0 aliphatic heterocycles. The van der Waals surface area contributed by atoms with E-state index in [1.54, 1.807) is 6.92 Å². The van der Waals surface area contributed by atoms with Crippen LogP contribution in [-0.4, -0.2) is 14.2 Å². The van der Waals surface area contributed by atoms with Crippen molar-refractivity contribution in [2.24, 2.45) is 0 Å². The van der Waals surface area contributed by atoms with E-state index in [0.717, 1.165) is 5.56 Å². The molecule has 110 valence electrons. The first-order chi connectivity index (χ1) is 9.90. The van der Waals surface area contributed by atoms with Gasteiger partial charge in [-0.1, -0.05) is 42.5 Å². The van der Waals surface area contributed by atoms with Crippen molar-refractivity contribution in [2.75, 3.05) is 0 Å². The minimum Gasteiger partial charge on any atom is -0.295 e. The zero-order chi connectivity index (χ0) is 15.5. The fraction of sp³-hybridized carbons (Fsp3) is 0.188. The number of hydrogen-bond acceptors (Lipinski definition) is 3. The number of Topliss-reactive ketones (excluding diaryl/α,β-unsaturated/α-hetero) is 1. The smallest absolute Gasteiger partial charge is 0.241 e. The van der Waals surface area contributed by atoms with Gasteiger partial charge >= 0.3 is 0 Å². The predicted molar refractivity (Wildman–Crippen MR) is 81.6 cm³/mol. The fourth-order valence-corrected chi connectivity index (χ4v) is 3.21. The van der Waals surface area contributed by atoms with E-state index in [1.807, 2.05) is 30.3 Å². The Bertz CT molecular complexity index is 722. The summed E-state index contributed by atoms with van der Waals surface area (Å²) >= 11 is 0. The van der Waals surface area contributed by atoms with Gasteiger partial charge in [-0.25, -0.2) is 13.1 Å². The maximum absolute atomic E-state index is 12.3. The molecule has 0 aromatic heterocycles. The molecule has 0 radical (unpaired) electrons. The summed E-state index contributed by atoms with van der Waals surface area (Å²) < 4.78 is 27.2. The van der Waals surface area contributed by atoms with E-state index < -0.39 is 10.0 Å². The minimum atomic E-state index is -3.61. The third-order valence-corrected chi connectivity index (χ3v) is 4.76. The lowest BCUT2D eigenvalue weighted by Gasteiger charge is -2.14. The van der Waals surface area contributed by atoms with E-state index in [1.165, 1.54) is 31.2 Å². The van der Waals surface area contributed by atoms with E-state index in [4.69, 9.17) is 0 Å².